The molecular weight excluding hydrogens is 256 g/mol. The summed E-state index contributed by atoms with van der Waals surface area (Å²) in [4.78, 5) is 21.4. The van der Waals surface area contributed by atoms with E-state index in [1.807, 2.05) is 19.1 Å². The molecule has 0 radical (unpaired) electrons. The van der Waals surface area contributed by atoms with Crippen molar-refractivity contribution in [2.24, 2.45) is 5.73 Å². The Bertz CT molecular complexity index is 472. The molecule has 5 nitrogen and oxygen atoms in total. The first-order chi connectivity index (χ1) is 9.50. The lowest BCUT2D eigenvalue weighted by atomic mass is 10.1. The Morgan fingerprint density at radius 1 is 1.20 bits per heavy atom. The number of rotatable bonds is 9. The third-order valence-electron chi connectivity index (χ3n) is 3.14. The van der Waals surface area contributed by atoms with E-state index in [4.69, 9.17) is 10.8 Å². The molecule has 0 unspecified atom stereocenters. The average molecular weight is 278 g/mol. The number of hydrogen-bond donors (Lipinski definition) is 3. The van der Waals surface area contributed by atoms with Crippen LogP contribution in [0.25, 0.3) is 0 Å². The predicted molar refractivity (Wildman–Crippen MR) is 78.9 cm³/mol. The molecule has 20 heavy (non-hydrogen) atoms. The lowest BCUT2D eigenvalue weighted by Gasteiger charge is -2.09. The van der Waals surface area contributed by atoms with Crippen molar-refractivity contribution in [3.8, 4) is 0 Å². The molecule has 0 spiro atoms. The maximum Gasteiger partial charge on any atom is 0.303 e. The van der Waals surface area contributed by atoms with Crippen LogP contribution in [0.4, 0.5) is 5.69 Å². The van der Waals surface area contributed by atoms with Crippen LogP contribution in [0, 0.1) is 6.92 Å². The van der Waals surface area contributed by atoms with Crippen molar-refractivity contribution in [1.82, 2.24) is 0 Å². The number of nitrogens with one attached hydrogen (secondary N) is 1. The highest BCUT2D eigenvalue weighted by Gasteiger charge is 2.04. The lowest BCUT2D eigenvalue weighted by Crippen LogP contribution is -2.13. The van der Waals surface area contributed by atoms with Crippen molar-refractivity contribution in [2.45, 2.75) is 39.0 Å². The quantitative estimate of drug-likeness (QED) is 0.605. The van der Waals surface area contributed by atoms with Crippen LogP contribution >= 0.6 is 0 Å². The van der Waals surface area contributed by atoms with Crippen molar-refractivity contribution in [2.75, 3.05) is 11.9 Å². The lowest BCUT2D eigenvalue weighted by molar-refractivity contribution is -0.137. The van der Waals surface area contributed by atoms with E-state index in [1.54, 1.807) is 6.07 Å². The number of nitrogens with two attached hydrogens (primary N) is 1. The molecule has 4 N–H and O–H groups in total. The number of amides is 1. The summed E-state index contributed by atoms with van der Waals surface area (Å²) in [5, 5.41) is 11.8. The van der Waals surface area contributed by atoms with Crippen LogP contribution in [0.2, 0.25) is 0 Å². The number of aliphatic carboxylic acids is 1. The molecule has 0 saturated carbocycles. The van der Waals surface area contributed by atoms with Gasteiger partial charge in [0.25, 0.3) is 0 Å². The van der Waals surface area contributed by atoms with Crippen LogP contribution in [0.15, 0.2) is 18.2 Å². The highest BCUT2D eigenvalue weighted by molar-refractivity contribution is 5.94. The van der Waals surface area contributed by atoms with E-state index in [0.29, 0.717) is 5.56 Å². The summed E-state index contributed by atoms with van der Waals surface area (Å²) in [6.07, 6.45) is 3.94. The zero-order valence-corrected chi connectivity index (χ0v) is 11.8. The van der Waals surface area contributed by atoms with Crippen molar-refractivity contribution in [3.05, 3.63) is 29.3 Å². The highest BCUT2D eigenvalue weighted by atomic mass is 16.4. The summed E-state index contributed by atoms with van der Waals surface area (Å²) < 4.78 is 0. The van der Waals surface area contributed by atoms with Crippen LogP contribution in [0.5, 0.6) is 0 Å². The average Bonchev–Trinajstić information content (AvgIpc) is 2.37. The van der Waals surface area contributed by atoms with Gasteiger partial charge in [-0.1, -0.05) is 12.8 Å². The SMILES string of the molecule is Cc1cc(NCCCCCCC(=O)O)ccc1C(N)=O. The summed E-state index contributed by atoms with van der Waals surface area (Å²) >= 11 is 0. The second-order valence-electron chi connectivity index (χ2n) is 4.88. The fourth-order valence-electron chi connectivity index (χ4n) is 2.04. The van der Waals surface area contributed by atoms with Gasteiger partial charge in [-0.2, -0.15) is 0 Å². The molecule has 0 fully saturated rings. The molecule has 0 atom stereocenters. The van der Waals surface area contributed by atoms with Gasteiger partial charge in [0.15, 0.2) is 0 Å². The molecule has 0 aliphatic carbocycles. The second-order valence-corrected chi connectivity index (χ2v) is 4.88. The van der Waals surface area contributed by atoms with E-state index in [2.05, 4.69) is 5.32 Å². The molecule has 1 amide bonds. The Morgan fingerprint density at radius 3 is 2.50 bits per heavy atom. The van der Waals surface area contributed by atoms with Crippen LogP contribution in [-0.4, -0.2) is 23.5 Å². The van der Waals surface area contributed by atoms with Gasteiger partial charge in [-0.25, -0.2) is 0 Å². The van der Waals surface area contributed by atoms with E-state index < -0.39 is 11.9 Å². The van der Waals surface area contributed by atoms with Crippen molar-refractivity contribution < 1.29 is 14.7 Å². The van der Waals surface area contributed by atoms with Crippen LogP contribution in [0.1, 0.15) is 48.0 Å². The third kappa shape index (κ3) is 5.73. The molecule has 1 aromatic carbocycles. The second kappa shape index (κ2) is 8.19. The standard InChI is InChI=1S/C15H22N2O3/c1-11-10-12(7-8-13(11)15(16)20)17-9-5-3-2-4-6-14(18)19/h7-8,10,17H,2-6,9H2,1H3,(H2,16,20)(H,18,19). The van der Waals surface area contributed by atoms with E-state index in [-0.39, 0.29) is 6.42 Å². The maximum atomic E-state index is 11.1. The minimum absolute atomic E-state index is 0.251. The number of carboxylic acid groups (broad SMARTS) is 1. The normalized spacial score (nSPS) is 10.2. The number of hydrogen-bond acceptors (Lipinski definition) is 3. The monoisotopic (exact) mass is 278 g/mol. The zero-order chi connectivity index (χ0) is 15.0. The van der Waals surface area contributed by atoms with Gasteiger partial charge in [0, 0.05) is 24.2 Å². The molecule has 0 aliphatic heterocycles. The van der Waals surface area contributed by atoms with E-state index in [9.17, 15) is 9.59 Å². The first-order valence-electron chi connectivity index (χ1n) is 6.87. The Kier molecular flexibility index (Phi) is 6.56. The molecule has 1 aromatic rings. The van der Waals surface area contributed by atoms with Gasteiger partial charge in [0.1, 0.15) is 0 Å². The molecule has 5 heteroatoms. The number of carbonyl (C=O) groups excluding carboxylic acids is 1. The van der Waals surface area contributed by atoms with Gasteiger partial charge >= 0.3 is 5.97 Å². The van der Waals surface area contributed by atoms with Crippen LogP contribution < -0.4 is 11.1 Å². The van der Waals surface area contributed by atoms with E-state index in [1.165, 1.54) is 0 Å². The number of aryl methyl sites for hydroxylation is 1. The Labute approximate surface area is 119 Å². The topological polar surface area (TPSA) is 92.4 Å². The van der Waals surface area contributed by atoms with Gasteiger partial charge in [0.05, 0.1) is 0 Å². The molecule has 110 valence electrons. The van der Waals surface area contributed by atoms with Crippen LogP contribution in [0.3, 0.4) is 0 Å². The minimum atomic E-state index is -0.729. The van der Waals surface area contributed by atoms with Gasteiger partial charge < -0.3 is 16.2 Å². The summed E-state index contributed by atoms with van der Waals surface area (Å²) in [7, 11) is 0. The molecule has 0 aliphatic rings. The molecule has 0 aromatic heterocycles. The molecule has 1 rings (SSSR count). The number of carboxylic acids is 1. The van der Waals surface area contributed by atoms with Gasteiger partial charge in [-0.05, 0) is 43.5 Å². The number of benzene rings is 1. The molecule has 0 saturated heterocycles. The third-order valence-corrected chi connectivity index (χ3v) is 3.14. The maximum absolute atomic E-state index is 11.1. The Balaban J connectivity index is 2.24. The van der Waals surface area contributed by atoms with Crippen molar-refractivity contribution >= 4 is 17.6 Å². The summed E-state index contributed by atoms with van der Waals surface area (Å²) in [6, 6.07) is 5.48. The molecule has 0 heterocycles. The van der Waals surface area contributed by atoms with E-state index >= 15 is 0 Å². The largest absolute Gasteiger partial charge is 0.481 e. The van der Waals surface area contributed by atoms with Gasteiger partial charge in [-0.15, -0.1) is 0 Å². The number of unbranched alkanes of at least 4 members (excludes halogenated alkanes) is 3. The first-order valence-corrected chi connectivity index (χ1v) is 6.87. The van der Waals surface area contributed by atoms with Gasteiger partial charge in [0.2, 0.25) is 5.91 Å². The predicted octanol–water partition coefficient (Wildman–Crippen LogP) is 2.54. The van der Waals surface area contributed by atoms with Crippen molar-refractivity contribution in [1.29, 1.82) is 0 Å². The fraction of sp³-hybridized carbons (Fsp3) is 0.467. The minimum Gasteiger partial charge on any atom is -0.481 e. The molecule has 0 bridgehead atoms. The fourth-order valence-corrected chi connectivity index (χ4v) is 2.04. The summed E-state index contributed by atoms with van der Waals surface area (Å²) in [5.41, 5.74) is 7.63. The molecular formula is C15H22N2O3. The number of carbonyl (C=O) groups is 2. The van der Waals surface area contributed by atoms with E-state index in [0.717, 1.165) is 43.5 Å². The Morgan fingerprint density at radius 2 is 1.90 bits per heavy atom. The van der Waals surface area contributed by atoms with Crippen LogP contribution in [-0.2, 0) is 4.79 Å². The zero-order valence-electron chi connectivity index (χ0n) is 11.8. The smallest absolute Gasteiger partial charge is 0.303 e. The summed E-state index contributed by atoms with van der Waals surface area (Å²) in [6.45, 7) is 2.69. The first kappa shape index (κ1) is 16.0. The highest BCUT2D eigenvalue weighted by Crippen LogP contribution is 2.15. The van der Waals surface area contributed by atoms with Crippen molar-refractivity contribution in [3.63, 3.8) is 0 Å². The summed E-state index contributed by atoms with van der Waals surface area (Å²) in [5.74, 6) is -1.14. The Hall–Kier alpha value is -2.04. The number of anilines is 1. The van der Waals surface area contributed by atoms with Gasteiger partial charge in [-0.3, -0.25) is 9.59 Å². The number of primary amides is 1.